The van der Waals surface area contributed by atoms with Crippen LogP contribution in [-0.4, -0.2) is 23.7 Å². The van der Waals surface area contributed by atoms with Gasteiger partial charge >= 0.3 is 0 Å². The molecule has 2 aromatic heterocycles. The molecule has 1 N–H and O–H groups in total. The summed E-state index contributed by atoms with van der Waals surface area (Å²) < 4.78 is 5.85. The third-order valence-corrected chi connectivity index (χ3v) is 6.41. The van der Waals surface area contributed by atoms with Crippen LogP contribution in [0.4, 0.5) is 0 Å². The first-order valence-electron chi connectivity index (χ1n) is 11.2. The number of pyridine rings is 1. The van der Waals surface area contributed by atoms with E-state index >= 15 is 0 Å². The van der Waals surface area contributed by atoms with E-state index in [-0.39, 0.29) is 5.91 Å². The Bertz CT molecular complexity index is 1280. The lowest BCUT2D eigenvalue weighted by Crippen LogP contribution is -2.18. The average molecular weight is 458 g/mol. The lowest BCUT2D eigenvalue weighted by molar-refractivity contribution is 0.0956. The van der Waals surface area contributed by atoms with E-state index in [1.54, 1.807) is 17.6 Å². The van der Waals surface area contributed by atoms with Gasteiger partial charge < -0.3 is 4.74 Å². The second-order valence-electron chi connectivity index (χ2n) is 7.66. The molecule has 1 amide bonds. The normalized spacial score (nSPS) is 11.2. The number of benzene rings is 2. The number of fused-ring (bicyclic) bond motifs is 1. The number of hydrogen-bond acceptors (Lipinski definition) is 5. The summed E-state index contributed by atoms with van der Waals surface area (Å²) in [5.41, 5.74) is 5.58. The number of carbonyl (C=O) groups is 1. The predicted octanol–water partition coefficient (Wildman–Crippen LogP) is 6.47. The zero-order valence-corrected chi connectivity index (χ0v) is 19.7. The molecule has 2 heterocycles. The van der Waals surface area contributed by atoms with Crippen LogP contribution in [0.15, 0.2) is 71.8 Å². The van der Waals surface area contributed by atoms with Crippen LogP contribution in [-0.2, 0) is 6.42 Å². The number of carbonyl (C=O) groups excluding carboxylic acids is 1. The van der Waals surface area contributed by atoms with Crippen LogP contribution in [0.25, 0.3) is 22.2 Å². The zero-order valence-electron chi connectivity index (χ0n) is 18.9. The van der Waals surface area contributed by atoms with Gasteiger partial charge in [0.2, 0.25) is 0 Å². The molecule has 4 rings (SSSR count). The van der Waals surface area contributed by atoms with Gasteiger partial charge in [0, 0.05) is 20.7 Å². The summed E-state index contributed by atoms with van der Waals surface area (Å²) in [6, 6.07) is 21.4. The van der Waals surface area contributed by atoms with Crippen LogP contribution in [0.5, 0.6) is 5.75 Å². The Hall–Kier alpha value is -3.51. The molecule has 0 aliphatic carbocycles. The van der Waals surface area contributed by atoms with Crippen molar-refractivity contribution < 1.29 is 9.53 Å². The van der Waals surface area contributed by atoms with Crippen molar-refractivity contribution in [1.29, 1.82) is 0 Å². The fourth-order valence-electron chi connectivity index (χ4n) is 3.46. The van der Waals surface area contributed by atoms with Gasteiger partial charge in [-0.2, -0.15) is 5.10 Å². The molecule has 0 fully saturated rings. The van der Waals surface area contributed by atoms with Crippen LogP contribution in [0.1, 0.15) is 46.8 Å². The fraction of sp³-hybridized carbons (Fsp3) is 0.222. The van der Waals surface area contributed by atoms with Gasteiger partial charge in [-0.05, 0) is 49.2 Å². The minimum atomic E-state index is -0.270. The highest BCUT2D eigenvalue weighted by atomic mass is 32.1. The van der Waals surface area contributed by atoms with Crippen molar-refractivity contribution in [1.82, 2.24) is 10.4 Å². The topological polar surface area (TPSA) is 63.6 Å². The largest absolute Gasteiger partial charge is 0.494 e. The summed E-state index contributed by atoms with van der Waals surface area (Å²) in [5, 5.41) is 4.96. The van der Waals surface area contributed by atoms with Gasteiger partial charge in [0.1, 0.15) is 5.75 Å². The Morgan fingerprint density at radius 3 is 2.79 bits per heavy atom. The molecule has 0 saturated heterocycles. The molecule has 5 nitrogen and oxygen atoms in total. The second-order valence-corrected chi connectivity index (χ2v) is 8.86. The molecule has 0 aliphatic heterocycles. The van der Waals surface area contributed by atoms with E-state index in [9.17, 15) is 4.79 Å². The molecular weight excluding hydrogens is 430 g/mol. The Morgan fingerprint density at radius 1 is 1.09 bits per heavy atom. The molecule has 0 radical (unpaired) electrons. The molecule has 4 aromatic rings. The minimum Gasteiger partial charge on any atom is -0.494 e. The molecule has 6 heteroatoms. The molecule has 2 aromatic carbocycles. The Morgan fingerprint density at radius 2 is 1.97 bits per heavy atom. The summed E-state index contributed by atoms with van der Waals surface area (Å²) in [7, 11) is 0. The van der Waals surface area contributed by atoms with E-state index in [2.05, 4.69) is 30.4 Å². The van der Waals surface area contributed by atoms with Gasteiger partial charge in [-0.1, -0.05) is 50.6 Å². The first-order chi connectivity index (χ1) is 16.2. The number of unbranched alkanes of at least 4 members (excludes halogenated alkanes) is 1. The van der Waals surface area contributed by atoms with Gasteiger partial charge in [-0.3, -0.25) is 4.79 Å². The zero-order chi connectivity index (χ0) is 23.0. The summed E-state index contributed by atoms with van der Waals surface area (Å²) in [4.78, 5) is 20.1. The van der Waals surface area contributed by atoms with Crippen molar-refractivity contribution >= 4 is 34.4 Å². The molecule has 0 bridgehead atoms. The van der Waals surface area contributed by atoms with Crippen molar-refractivity contribution in [2.45, 2.75) is 33.1 Å². The Labute approximate surface area is 198 Å². The van der Waals surface area contributed by atoms with Gasteiger partial charge in [-0.15, -0.1) is 11.3 Å². The molecule has 168 valence electrons. The van der Waals surface area contributed by atoms with E-state index in [1.807, 2.05) is 60.7 Å². The number of hydrogen-bond donors (Lipinski definition) is 1. The number of aryl methyl sites for hydroxylation is 1. The van der Waals surface area contributed by atoms with Gasteiger partial charge in [-0.25, -0.2) is 10.4 Å². The van der Waals surface area contributed by atoms with Gasteiger partial charge in [0.05, 0.1) is 29.6 Å². The SMILES string of the molecule is CCCCOc1cccc(-c2cc(C(=O)N/N=C\c3ccc(CC)s3)c3ccccc3n2)c1. The van der Waals surface area contributed by atoms with Crippen molar-refractivity contribution in [3.05, 3.63) is 82.0 Å². The maximum atomic E-state index is 13.1. The third kappa shape index (κ3) is 5.65. The number of nitrogens with one attached hydrogen (secondary N) is 1. The van der Waals surface area contributed by atoms with Crippen LogP contribution in [0, 0.1) is 0 Å². The van der Waals surface area contributed by atoms with Crippen molar-refractivity contribution in [2.24, 2.45) is 5.10 Å². The highest BCUT2D eigenvalue weighted by Gasteiger charge is 2.14. The highest BCUT2D eigenvalue weighted by Crippen LogP contribution is 2.27. The van der Waals surface area contributed by atoms with Crippen LogP contribution < -0.4 is 10.2 Å². The van der Waals surface area contributed by atoms with Crippen LogP contribution in [0.3, 0.4) is 0 Å². The number of aromatic nitrogens is 1. The highest BCUT2D eigenvalue weighted by molar-refractivity contribution is 7.13. The summed E-state index contributed by atoms with van der Waals surface area (Å²) in [6.07, 6.45) is 4.76. The smallest absolute Gasteiger partial charge is 0.272 e. The molecule has 0 spiro atoms. The Kier molecular flexibility index (Phi) is 7.47. The molecule has 0 aliphatic rings. The monoisotopic (exact) mass is 457 g/mol. The van der Waals surface area contributed by atoms with E-state index in [0.717, 1.165) is 52.0 Å². The Balaban J connectivity index is 1.61. The number of rotatable bonds is 9. The predicted molar refractivity (Wildman–Crippen MR) is 136 cm³/mol. The number of thiophene rings is 1. The summed E-state index contributed by atoms with van der Waals surface area (Å²) in [5.74, 6) is 0.530. The summed E-state index contributed by atoms with van der Waals surface area (Å²) in [6.45, 7) is 4.94. The van der Waals surface area contributed by atoms with E-state index < -0.39 is 0 Å². The lowest BCUT2D eigenvalue weighted by atomic mass is 10.0. The van der Waals surface area contributed by atoms with Crippen molar-refractivity contribution in [3.8, 4) is 17.0 Å². The number of amides is 1. The summed E-state index contributed by atoms with van der Waals surface area (Å²) >= 11 is 1.67. The maximum Gasteiger partial charge on any atom is 0.272 e. The fourth-order valence-corrected chi connectivity index (χ4v) is 4.28. The van der Waals surface area contributed by atoms with Crippen molar-refractivity contribution in [3.63, 3.8) is 0 Å². The standard InChI is InChI=1S/C27H27N3O2S/c1-3-5-15-32-20-10-8-9-19(16-20)26-17-24(23-11-6-7-12-25(23)29-26)27(31)30-28-18-22-14-13-21(4-2)33-22/h6-14,16-18H,3-5,15H2,1-2H3,(H,30,31)/b28-18-. The van der Waals surface area contributed by atoms with Gasteiger partial charge in [0.15, 0.2) is 0 Å². The van der Waals surface area contributed by atoms with E-state index in [1.165, 1.54) is 4.88 Å². The first kappa shape index (κ1) is 22.7. The number of hydrazone groups is 1. The third-order valence-electron chi connectivity index (χ3n) is 5.25. The molecular formula is C27H27N3O2S. The van der Waals surface area contributed by atoms with Crippen LogP contribution in [0.2, 0.25) is 0 Å². The van der Waals surface area contributed by atoms with Crippen LogP contribution >= 0.6 is 11.3 Å². The second kappa shape index (κ2) is 10.9. The number of para-hydroxylation sites is 1. The quantitative estimate of drug-likeness (QED) is 0.178. The van der Waals surface area contributed by atoms with Crippen molar-refractivity contribution in [2.75, 3.05) is 6.61 Å². The molecule has 0 atom stereocenters. The first-order valence-corrected chi connectivity index (χ1v) is 12.0. The van der Waals surface area contributed by atoms with E-state index in [0.29, 0.717) is 12.2 Å². The average Bonchev–Trinajstić information content (AvgIpc) is 3.31. The number of nitrogens with zero attached hydrogens (tertiary/aromatic N) is 2. The molecule has 33 heavy (non-hydrogen) atoms. The molecule has 0 saturated carbocycles. The molecule has 0 unspecified atom stereocenters. The van der Waals surface area contributed by atoms with E-state index in [4.69, 9.17) is 9.72 Å². The minimum absolute atomic E-state index is 0.270. The number of ether oxygens (including phenoxy) is 1. The van der Waals surface area contributed by atoms with Gasteiger partial charge in [0.25, 0.3) is 5.91 Å². The maximum absolute atomic E-state index is 13.1. The lowest BCUT2D eigenvalue weighted by Gasteiger charge is -2.10.